The summed E-state index contributed by atoms with van der Waals surface area (Å²) in [5, 5.41) is 82.6. The zero-order valence-corrected chi connectivity index (χ0v) is 69.5. The number of carbonyl (C=O) groups excluding carboxylic acids is 12. The van der Waals surface area contributed by atoms with Crippen LogP contribution < -0.4 is 19.6 Å². The van der Waals surface area contributed by atoms with Gasteiger partial charge in [0, 0.05) is 70.3 Å². The number of ether oxygens (including phenoxy) is 4. The maximum atomic E-state index is 13.8. The number of benzene rings is 8. The van der Waals surface area contributed by atoms with Crippen molar-refractivity contribution in [3.05, 3.63) is 287 Å². The van der Waals surface area contributed by atoms with Gasteiger partial charge in [-0.2, -0.15) is 42.1 Å². The van der Waals surface area contributed by atoms with Crippen molar-refractivity contribution in [1.82, 2.24) is 0 Å². The average molecular weight is 1700 g/mol. The van der Waals surface area contributed by atoms with Crippen molar-refractivity contribution >= 4 is 116 Å². The minimum Gasteiger partial charge on any atom is -0.463 e. The van der Waals surface area contributed by atoms with E-state index in [4.69, 9.17) is 18.9 Å². The van der Waals surface area contributed by atoms with E-state index in [0.29, 0.717) is 45.0 Å². The molecule has 0 bridgehead atoms. The number of esters is 4. The van der Waals surface area contributed by atoms with Gasteiger partial charge in [0.1, 0.15) is 0 Å². The number of imide groups is 4. The van der Waals surface area contributed by atoms with Crippen molar-refractivity contribution in [2.45, 2.75) is 79.1 Å². The first-order valence-electron chi connectivity index (χ1n) is 40.7. The molecular weight excluding hydrogens is 1630 g/mol. The van der Waals surface area contributed by atoms with Gasteiger partial charge < -0.3 is 18.9 Å². The zero-order valence-electron chi connectivity index (χ0n) is 69.5. The standard InChI is InChI=1S/4C25H19N3O4/c4*1-2-32-22(30)19-13-24(14-20(29)28(23(24)31)18-11-7-4-8-12-18)25(15-26,16-27)21(19)17-9-5-3-6-10-17/h4*3-12H,2,13-14H2,1H3/t4*24-/m1100/s1. The number of anilines is 4. The number of allylic oxidation sites excluding steroid dienone is 4. The summed E-state index contributed by atoms with van der Waals surface area (Å²) in [5.41, 5.74) is -10.9. The number of nitriles is 8. The molecule has 0 radical (unpaired) electrons. The van der Waals surface area contributed by atoms with Crippen LogP contribution in [0, 0.1) is 134 Å². The Morgan fingerprint density at radius 3 is 0.539 bits per heavy atom. The smallest absolute Gasteiger partial charge is 0.334 e. The number of para-hydroxylation sites is 4. The highest BCUT2D eigenvalue weighted by molar-refractivity contribution is 6.29. The fourth-order valence-electron chi connectivity index (χ4n) is 18.9. The number of carbonyl (C=O) groups is 12. The molecule has 0 unspecified atom stereocenters. The SMILES string of the molecule is CCOC(=O)C1=C(c2ccccc2)C(C#N)(C#N)[C@@]2(CC(=O)N(c3ccccc3)C2=O)C1.CCOC(=O)C1=C(c2ccccc2)C(C#N)(C#N)[C@@]2(CC(=O)N(c3ccccc3)C2=O)C1.CCOC(=O)C1=C(c2ccccc2)C(C#N)(C#N)[C@]2(CC(=O)N(c3ccccc3)C2=O)C1.CCOC(=O)C1=C(c2ccccc2)C(C#N)(C#N)[C@]2(CC(=O)N(c3ccccc3)C2=O)C1. The van der Waals surface area contributed by atoms with Gasteiger partial charge in [-0.25, -0.2) is 38.8 Å². The maximum Gasteiger partial charge on any atom is 0.334 e. The average Bonchev–Trinajstić information content (AvgIpc) is 1.54. The Labute approximate surface area is 735 Å². The maximum absolute atomic E-state index is 13.8. The van der Waals surface area contributed by atoms with E-state index in [9.17, 15) is 99.6 Å². The van der Waals surface area contributed by atoms with E-state index in [1.165, 1.54) is 0 Å². The molecule has 4 atom stereocenters. The summed E-state index contributed by atoms with van der Waals surface area (Å²) in [7, 11) is 0. The van der Waals surface area contributed by atoms with E-state index in [1.54, 1.807) is 270 Å². The predicted molar refractivity (Wildman–Crippen MR) is 457 cm³/mol. The first kappa shape index (κ1) is 88.9. The van der Waals surface area contributed by atoms with Crippen LogP contribution in [0.3, 0.4) is 0 Å². The highest BCUT2D eigenvalue weighted by Gasteiger charge is 2.75. The number of rotatable bonds is 16. The minimum atomic E-state index is -2.03. The molecular formula is C100H76N12O16. The summed E-state index contributed by atoms with van der Waals surface area (Å²) in [5.74, 6) is -7.52. The third kappa shape index (κ3) is 13.9. The first-order valence-corrected chi connectivity index (χ1v) is 40.7. The molecule has 0 saturated carbocycles. The quantitative estimate of drug-likeness (QED) is 0.0492. The van der Waals surface area contributed by atoms with Crippen molar-refractivity contribution in [1.29, 1.82) is 42.1 Å². The Morgan fingerprint density at radius 1 is 0.250 bits per heavy atom. The molecule has 8 aromatic rings. The summed E-state index contributed by atoms with van der Waals surface area (Å²) in [4.78, 5) is 163. The highest BCUT2D eigenvalue weighted by Crippen LogP contribution is 2.69. The molecule has 4 spiro atoms. The van der Waals surface area contributed by atoms with Crippen LogP contribution in [-0.2, 0) is 76.5 Å². The van der Waals surface area contributed by atoms with Gasteiger partial charge in [-0.1, -0.05) is 194 Å². The second kappa shape index (κ2) is 35.9. The Hall–Kier alpha value is -16.9. The number of hydrogen-bond acceptors (Lipinski definition) is 24. The van der Waals surface area contributed by atoms with Gasteiger partial charge in [0.2, 0.25) is 47.3 Å². The van der Waals surface area contributed by atoms with E-state index in [0.717, 1.165) is 19.6 Å². The van der Waals surface area contributed by atoms with Crippen LogP contribution >= 0.6 is 0 Å². The topological polar surface area (TPSA) is 445 Å². The zero-order chi connectivity index (χ0) is 91.7. The van der Waals surface area contributed by atoms with Gasteiger partial charge in [0.05, 0.1) is 119 Å². The molecule has 4 heterocycles. The first-order chi connectivity index (χ1) is 61.8. The molecule has 4 aliphatic carbocycles. The van der Waals surface area contributed by atoms with Gasteiger partial charge in [0.25, 0.3) is 0 Å². The largest absolute Gasteiger partial charge is 0.463 e. The van der Waals surface area contributed by atoms with Crippen molar-refractivity contribution in [2.75, 3.05) is 46.0 Å². The number of nitrogens with zero attached hydrogens (tertiary/aromatic N) is 12. The molecule has 4 saturated heterocycles. The van der Waals surface area contributed by atoms with Crippen molar-refractivity contribution in [2.24, 2.45) is 43.3 Å². The Bertz CT molecular complexity index is 5610. The fourth-order valence-corrected chi connectivity index (χ4v) is 18.9. The monoisotopic (exact) mass is 1700 g/mol. The summed E-state index contributed by atoms with van der Waals surface area (Å²) in [6.45, 7) is 6.95. The Kier molecular flexibility index (Phi) is 24.9. The summed E-state index contributed by atoms with van der Waals surface area (Å²) < 4.78 is 20.8. The normalized spacial score (nSPS) is 21.5. The Morgan fingerprint density at radius 2 is 0.398 bits per heavy atom. The molecule has 8 amide bonds. The molecule has 632 valence electrons. The van der Waals surface area contributed by atoms with E-state index in [1.807, 2.05) is 48.6 Å². The van der Waals surface area contributed by atoms with E-state index in [-0.39, 0.29) is 122 Å². The number of amides is 8. The summed E-state index contributed by atoms with van der Waals surface area (Å²) >= 11 is 0. The molecule has 0 aromatic heterocycles. The molecule has 0 N–H and O–H groups in total. The second-order valence-corrected chi connectivity index (χ2v) is 30.9. The molecule has 28 nitrogen and oxygen atoms in total. The van der Waals surface area contributed by atoms with E-state index < -0.39 is 114 Å². The lowest BCUT2D eigenvalue weighted by Gasteiger charge is -2.32. The molecule has 4 aliphatic heterocycles. The van der Waals surface area contributed by atoms with Crippen molar-refractivity contribution < 1.29 is 76.5 Å². The van der Waals surface area contributed by atoms with Gasteiger partial charge >= 0.3 is 23.9 Å². The van der Waals surface area contributed by atoms with Crippen LogP contribution in [0.4, 0.5) is 22.7 Å². The molecule has 4 fully saturated rings. The van der Waals surface area contributed by atoms with Gasteiger partial charge in [-0.05, 0) is 124 Å². The van der Waals surface area contributed by atoms with Gasteiger partial charge in [0.15, 0.2) is 21.7 Å². The van der Waals surface area contributed by atoms with Crippen LogP contribution in [-0.4, -0.2) is 97.6 Å². The fraction of sp³-hybridized carbons (Fsp3) is 0.240. The molecule has 128 heavy (non-hydrogen) atoms. The van der Waals surface area contributed by atoms with Crippen LogP contribution in [0.1, 0.15) is 101 Å². The van der Waals surface area contributed by atoms with Crippen LogP contribution in [0.15, 0.2) is 265 Å². The minimum absolute atomic E-state index is 0.0808. The van der Waals surface area contributed by atoms with Gasteiger partial charge in [-0.15, -0.1) is 0 Å². The summed E-state index contributed by atoms with van der Waals surface area (Å²) in [6, 6.07) is 83.9. The molecule has 8 aliphatic rings. The molecule has 16 rings (SSSR count). The molecule has 8 aromatic carbocycles. The lowest BCUT2D eigenvalue weighted by molar-refractivity contribution is -0.140. The van der Waals surface area contributed by atoms with E-state index in [2.05, 4.69) is 0 Å². The lowest BCUT2D eigenvalue weighted by atomic mass is 9.62. The molecule has 28 heteroatoms. The van der Waals surface area contributed by atoms with Crippen LogP contribution in [0.2, 0.25) is 0 Å². The summed E-state index contributed by atoms with van der Waals surface area (Å²) in [6.07, 6.45) is -2.36. The highest BCUT2D eigenvalue weighted by atomic mass is 16.5. The number of hydrogen-bond donors (Lipinski definition) is 0. The van der Waals surface area contributed by atoms with Crippen molar-refractivity contribution in [3.8, 4) is 48.6 Å². The second-order valence-electron chi connectivity index (χ2n) is 30.9. The van der Waals surface area contributed by atoms with E-state index >= 15 is 0 Å². The van der Waals surface area contributed by atoms with Gasteiger partial charge in [-0.3, -0.25) is 38.4 Å². The van der Waals surface area contributed by atoms with Crippen molar-refractivity contribution in [3.63, 3.8) is 0 Å². The predicted octanol–water partition coefficient (Wildman–Crippen LogP) is 13.6. The third-order valence-corrected chi connectivity index (χ3v) is 24.5. The Balaban J connectivity index is 0.000000146. The van der Waals surface area contributed by atoms with Crippen LogP contribution in [0.5, 0.6) is 0 Å². The van der Waals surface area contributed by atoms with Crippen LogP contribution in [0.25, 0.3) is 22.3 Å². The lowest BCUT2D eigenvalue weighted by Crippen LogP contribution is -2.44. The third-order valence-electron chi connectivity index (χ3n) is 24.5.